The lowest BCUT2D eigenvalue weighted by molar-refractivity contribution is -0.137. The first-order valence-corrected chi connectivity index (χ1v) is 5.45. The van der Waals surface area contributed by atoms with E-state index in [9.17, 15) is 18.3 Å². The van der Waals surface area contributed by atoms with Crippen LogP contribution >= 0.6 is 0 Å². The molecule has 1 aromatic rings. The van der Waals surface area contributed by atoms with Gasteiger partial charge in [0.2, 0.25) is 0 Å². The van der Waals surface area contributed by atoms with Gasteiger partial charge < -0.3 is 15.5 Å². The van der Waals surface area contributed by atoms with Crippen molar-refractivity contribution in [1.29, 1.82) is 0 Å². The van der Waals surface area contributed by atoms with Gasteiger partial charge >= 0.3 is 6.18 Å². The van der Waals surface area contributed by atoms with E-state index in [1.165, 1.54) is 13.0 Å². The number of aliphatic hydroxyl groups excluding tert-OH is 1. The maximum Gasteiger partial charge on any atom is 0.416 e. The van der Waals surface area contributed by atoms with E-state index in [0.29, 0.717) is 5.56 Å². The molecule has 0 heterocycles. The Hall–Kier alpha value is -1.11. The van der Waals surface area contributed by atoms with E-state index < -0.39 is 23.9 Å². The van der Waals surface area contributed by atoms with Crippen LogP contribution in [0.4, 0.5) is 13.2 Å². The Kier molecular flexibility index (Phi) is 4.72. The van der Waals surface area contributed by atoms with E-state index >= 15 is 0 Å². The first-order chi connectivity index (χ1) is 8.24. The van der Waals surface area contributed by atoms with Crippen molar-refractivity contribution in [3.63, 3.8) is 0 Å². The van der Waals surface area contributed by atoms with Crippen LogP contribution in [0.5, 0.6) is 0 Å². The Morgan fingerprint density at radius 1 is 1.28 bits per heavy atom. The van der Waals surface area contributed by atoms with Crippen LogP contribution < -0.4 is 5.32 Å². The summed E-state index contributed by atoms with van der Waals surface area (Å²) >= 11 is 0. The predicted octanol–water partition coefficient (Wildman–Crippen LogP) is 1.54. The summed E-state index contributed by atoms with van der Waals surface area (Å²) in [7, 11) is 0. The fourth-order valence-electron chi connectivity index (χ4n) is 1.39. The maximum atomic E-state index is 12.4. The summed E-state index contributed by atoms with van der Waals surface area (Å²) in [6, 6.07) is 4.97. The highest BCUT2D eigenvalue weighted by Gasteiger charge is 2.30. The first-order valence-electron chi connectivity index (χ1n) is 5.45. The Morgan fingerprint density at radius 2 is 1.94 bits per heavy atom. The summed E-state index contributed by atoms with van der Waals surface area (Å²) < 4.78 is 37.3. The molecule has 0 saturated heterocycles. The number of hydrogen-bond acceptors (Lipinski definition) is 3. The molecule has 18 heavy (non-hydrogen) atoms. The molecule has 6 heteroatoms. The zero-order chi connectivity index (χ0) is 13.8. The van der Waals surface area contributed by atoms with Crippen LogP contribution in [0.15, 0.2) is 24.3 Å². The summed E-state index contributed by atoms with van der Waals surface area (Å²) in [5.41, 5.74) is -1.50. The van der Waals surface area contributed by atoms with E-state index in [0.717, 1.165) is 12.1 Å². The zero-order valence-corrected chi connectivity index (χ0v) is 9.96. The molecule has 3 nitrogen and oxygen atoms in total. The predicted molar refractivity (Wildman–Crippen MR) is 60.9 cm³/mol. The molecule has 3 N–H and O–H groups in total. The van der Waals surface area contributed by atoms with Crippen molar-refractivity contribution in [3.05, 3.63) is 35.4 Å². The normalized spacial score (nSPS) is 15.4. The summed E-state index contributed by atoms with van der Waals surface area (Å²) in [5.74, 6) is 0. The van der Waals surface area contributed by atoms with E-state index in [1.54, 1.807) is 6.07 Å². The van der Waals surface area contributed by atoms with Crippen LogP contribution in [-0.4, -0.2) is 29.0 Å². The van der Waals surface area contributed by atoms with Crippen LogP contribution in [0.1, 0.15) is 18.1 Å². The lowest BCUT2D eigenvalue weighted by atomic mass is 10.1. The smallest absolute Gasteiger partial charge is 0.393 e. The summed E-state index contributed by atoms with van der Waals surface area (Å²) in [6.07, 6.45) is -4.35. The van der Waals surface area contributed by atoms with Crippen LogP contribution in [0, 0.1) is 0 Å². The average Bonchev–Trinajstić information content (AvgIpc) is 2.28. The molecule has 0 fully saturated rings. The Bertz CT molecular complexity index is 391. The van der Waals surface area contributed by atoms with Crippen LogP contribution in [-0.2, 0) is 12.7 Å². The van der Waals surface area contributed by atoms with Gasteiger partial charge in [-0.25, -0.2) is 0 Å². The van der Waals surface area contributed by atoms with Gasteiger partial charge in [0.05, 0.1) is 17.8 Å². The molecule has 0 aromatic heterocycles. The monoisotopic (exact) mass is 263 g/mol. The van der Waals surface area contributed by atoms with Crippen LogP contribution in [0.25, 0.3) is 0 Å². The highest BCUT2D eigenvalue weighted by molar-refractivity contribution is 5.25. The first kappa shape index (κ1) is 14.9. The Labute approximate surface area is 103 Å². The van der Waals surface area contributed by atoms with Gasteiger partial charge in [0.25, 0.3) is 0 Å². The SMILES string of the molecule is CC(O)(CO)CNCc1cccc(C(F)(F)F)c1. The van der Waals surface area contributed by atoms with Crippen molar-refractivity contribution >= 4 is 0 Å². The molecule has 1 aromatic carbocycles. The van der Waals surface area contributed by atoms with Crippen molar-refractivity contribution in [2.75, 3.05) is 13.2 Å². The van der Waals surface area contributed by atoms with Gasteiger partial charge in [-0.1, -0.05) is 18.2 Å². The molecule has 0 aliphatic carbocycles. The van der Waals surface area contributed by atoms with Gasteiger partial charge in [-0.3, -0.25) is 0 Å². The second-order valence-corrected chi connectivity index (χ2v) is 4.46. The number of aliphatic hydroxyl groups is 2. The number of benzene rings is 1. The molecular formula is C12H16F3NO2. The molecule has 1 rings (SSSR count). The van der Waals surface area contributed by atoms with Crippen LogP contribution in [0.2, 0.25) is 0 Å². The average molecular weight is 263 g/mol. The molecule has 1 atom stereocenters. The zero-order valence-electron chi connectivity index (χ0n) is 9.96. The van der Waals surface area contributed by atoms with E-state index in [2.05, 4.69) is 5.32 Å². The number of alkyl halides is 3. The molecule has 0 radical (unpaired) electrons. The lowest BCUT2D eigenvalue weighted by Gasteiger charge is -2.20. The van der Waals surface area contributed by atoms with Gasteiger partial charge in [-0.05, 0) is 18.6 Å². The third kappa shape index (κ3) is 4.64. The van der Waals surface area contributed by atoms with Crippen molar-refractivity contribution in [2.45, 2.75) is 25.2 Å². The minimum absolute atomic E-state index is 0.0970. The molecule has 0 bridgehead atoms. The fourth-order valence-corrected chi connectivity index (χ4v) is 1.39. The van der Waals surface area contributed by atoms with Gasteiger partial charge in [0, 0.05) is 13.1 Å². The van der Waals surface area contributed by atoms with Crippen molar-refractivity contribution in [3.8, 4) is 0 Å². The van der Waals surface area contributed by atoms with E-state index in [-0.39, 0.29) is 13.1 Å². The van der Waals surface area contributed by atoms with Gasteiger partial charge in [-0.2, -0.15) is 13.2 Å². The summed E-state index contributed by atoms with van der Waals surface area (Å²) in [6.45, 7) is 1.31. The number of nitrogens with one attached hydrogen (secondary N) is 1. The molecule has 0 saturated carbocycles. The number of halogens is 3. The molecule has 0 amide bonds. The van der Waals surface area contributed by atoms with E-state index in [1.807, 2.05) is 0 Å². The minimum Gasteiger partial charge on any atom is -0.393 e. The third-order valence-electron chi connectivity index (χ3n) is 2.43. The Morgan fingerprint density at radius 3 is 2.50 bits per heavy atom. The van der Waals surface area contributed by atoms with Gasteiger partial charge in [0.15, 0.2) is 0 Å². The molecular weight excluding hydrogens is 247 g/mol. The highest BCUT2D eigenvalue weighted by atomic mass is 19.4. The molecule has 102 valence electrons. The van der Waals surface area contributed by atoms with Gasteiger partial charge in [0.1, 0.15) is 0 Å². The van der Waals surface area contributed by atoms with Gasteiger partial charge in [-0.15, -0.1) is 0 Å². The maximum absolute atomic E-state index is 12.4. The second kappa shape index (κ2) is 5.69. The number of rotatable bonds is 5. The van der Waals surface area contributed by atoms with Crippen molar-refractivity contribution < 1.29 is 23.4 Å². The highest BCUT2D eigenvalue weighted by Crippen LogP contribution is 2.29. The molecule has 0 aliphatic heterocycles. The number of hydrogen-bond donors (Lipinski definition) is 3. The summed E-state index contributed by atoms with van der Waals surface area (Å²) in [4.78, 5) is 0. The fraction of sp³-hybridized carbons (Fsp3) is 0.500. The summed E-state index contributed by atoms with van der Waals surface area (Å²) in [5, 5.41) is 21.1. The molecule has 0 aliphatic rings. The Balaban J connectivity index is 2.59. The largest absolute Gasteiger partial charge is 0.416 e. The lowest BCUT2D eigenvalue weighted by Crippen LogP contribution is -2.40. The molecule has 0 spiro atoms. The quantitative estimate of drug-likeness (QED) is 0.755. The van der Waals surface area contributed by atoms with Crippen molar-refractivity contribution in [1.82, 2.24) is 5.32 Å². The second-order valence-electron chi connectivity index (χ2n) is 4.46. The molecule has 1 unspecified atom stereocenters. The topological polar surface area (TPSA) is 52.5 Å². The minimum atomic E-state index is -4.35. The van der Waals surface area contributed by atoms with Crippen LogP contribution in [0.3, 0.4) is 0 Å². The van der Waals surface area contributed by atoms with Crippen molar-refractivity contribution in [2.24, 2.45) is 0 Å². The third-order valence-corrected chi connectivity index (χ3v) is 2.43. The van der Waals surface area contributed by atoms with E-state index in [4.69, 9.17) is 5.11 Å². The standard InChI is InChI=1S/C12H16F3NO2/c1-11(18,8-17)7-16-6-9-3-2-4-10(5-9)12(13,14)15/h2-5,16-18H,6-8H2,1H3.